The zero-order chi connectivity index (χ0) is 31.2. The summed E-state index contributed by atoms with van der Waals surface area (Å²) in [6, 6.07) is 1.91. The summed E-state index contributed by atoms with van der Waals surface area (Å²) in [5.74, 6) is -1.52. The number of ether oxygens (including phenoxy) is 2. The van der Waals surface area contributed by atoms with Crippen molar-refractivity contribution in [1.82, 2.24) is 34.6 Å². The van der Waals surface area contributed by atoms with E-state index in [4.69, 9.17) is 9.47 Å². The average molecular weight is 623 g/mol. The van der Waals surface area contributed by atoms with Crippen molar-refractivity contribution in [2.45, 2.75) is 49.7 Å². The Labute approximate surface area is 245 Å². The van der Waals surface area contributed by atoms with Gasteiger partial charge in [-0.15, -0.1) is 0 Å². The molecule has 0 saturated carbocycles. The molecule has 2 fully saturated rings. The van der Waals surface area contributed by atoms with E-state index in [0.717, 1.165) is 12.1 Å². The molecular formula is C26H26F4N8O6. The molecule has 0 aliphatic carbocycles. The van der Waals surface area contributed by atoms with Crippen molar-refractivity contribution in [3.63, 3.8) is 0 Å². The van der Waals surface area contributed by atoms with Gasteiger partial charge in [-0.25, -0.2) is 14.1 Å². The number of carbonyl (C=O) groups is 1. The number of aliphatic hydroxyl groups is 3. The molecule has 2 aliphatic rings. The minimum Gasteiger partial charge on any atom is -0.394 e. The zero-order valence-corrected chi connectivity index (χ0v) is 22.6. The van der Waals surface area contributed by atoms with Crippen LogP contribution < -0.4 is 10.6 Å². The number of aromatic nitrogens is 6. The van der Waals surface area contributed by atoms with Crippen LogP contribution in [-0.2, 0) is 22.2 Å². The lowest BCUT2D eigenvalue weighted by Crippen LogP contribution is -2.33. The predicted molar refractivity (Wildman–Crippen MR) is 141 cm³/mol. The maximum atomic E-state index is 13.7. The molecule has 18 heteroatoms. The molecule has 6 rings (SSSR count). The maximum absolute atomic E-state index is 13.7. The third kappa shape index (κ3) is 5.81. The van der Waals surface area contributed by atoms with Gasteiger partial charge in [0.25, 0.3) is 11.9 Å². The Morgan fingerprint density at radius 1 is 1.16 bits per heavy atom. The summed E-state index contributed by atoms with van der Waals surface area (Å²) in [6.45, 7) is 0.0457. The van der Waals surface area contributed by atoms with Gasteiger partial charge in [-0.1, -0.05) is 0 Å². The van der Waals surface area contributed by atoms with Crippen LogP contribution in [0.1, 0.15) is 34.1 Å². The van der Waals surface area contributed by atoms with E-state index in [1.807, 2.05) is 0 Å². The second-order valence-electron chi connectivity index (χ2n) is 10.3. The molecule has 1 amide bonds. The highest BCUT2D eigenvalue weighted by atomic mass is 19.4. The number of anilines is 1. The van der Waals surface area contributed by atoms with Crippen molar-refractivity contribution in [1.29, 1.82) is 0 Å². The van der Waals surface area contributed by atoms with Crippen LogP contribution in [0.3, 0.4) is 0 Å². The number of nitrogens with one attached hydrogen (secondary N) is 2. The van der Waals surface area contributed by atoms with Gasteiger partial charge in [0.05, 0.1) is 42.9 Å². The normalized spacial score (nSPS) is 23.8. The number of benzene rings is 1. The number of nitrogens with zero attached hydrogens (tertiary/aromatic N) is 6. The van der Waals surface area contributed by atoms with E-state index in [-0.39, 0.29) is 35.3 Å². The van der Waals surface area contributed by atoms with Gasteiger partial charge in [0, 0.05) is 19.3 Å². The molecule has 5 heterocycles. The number of imidazole rings is 1. The summed E-state index contributed by atoms with van der Waals surface area (Å²) in [6.07, 6.45) is -5.19. The number of halogens is 4. The Balaban J connectivity index is 1.28. The first kappa shape index (κ1) is 29.8. The summed E-state index contributed by atoms with van der Waals surface area (Å²) in [5.41, 5.74) is -0.767. The van der Waals surface area contributed by atoms with E-state index >= 15 is 0 Å². The molecule has 4 aromatic rings. The summed E-state index contributed by atoms with van der Waals surface area (Å²) in [5, 5.41) is 40.2. The molecule has 3 aromatic heterocycles. The Hall–Kier alpha value is -4.23. The van der Waals surface area contributed by atoms with Gasteiger partial charge >= 0.3 is 6.18 Å². The number of hydrogen-bond donors (Lipinski definition) is 5. The van der Waals surface area contributed by atoms with Crippen LogP contribution >= 0.6 is 0 Å². The van der Waals surface area contributed by atoms with Crippen LogP contribution in [0.15, 0.2) is 36.9 Å². The van der Waals surface area contributed by atoms with Crippen molar-refractivity contribution in [2.75, 3.05) is 25.1 Å². The van der Waals surface area contributed by atoms with Gasteiger partial charge < -0.3 is 35.4 Å². The average Bonchev–Trinajstić information content (AvgIpc) is 3.79. The summed E-state index contributed by atoms with van der Waals surface area (Å²) in [4.78, 5) is 26.2. The number of fused-ring (bicyclic) bond motifs is 1. The van der Waals surface area contributed by atoms with Crippen LogP contribution in [0.5, 0.6) is 0 Å². The van der Waals surface area contributed by atoms with Crippen LogP contribution in [-0.4, -0.2) is 94.7 Å². The Bertz CT molecular complexity index is 1670. The first-order chi connectivity index (χ1) is 21.0. The molecule has 0 unspecified atom stereocenters. The SMILES string of the molecule is O=C(NCc1cc(F)cc(C(F)(F)F)c1)c1cnn(-c2nc(N[C@@H]3CCOC3)c3ncn([C@@H]4O[C@H](CO)[C@H](O)[C@@H]4O)c3n2)c1. The fourth-order valence-corrected chi connectivity index (χ4v) is 5.00. The van der Waals surface area contributed by atoms with Crippen molar-refractivity contribution >= 4 is 22.9 Å². The number of amides is 1. The van der Waals surface area contributed by atoms with Gasteiger partial charge in [-0.2, -0.15) is 28.2 Å². The van der Waals surface area contributed by atoms with Gasteiger partial charge in [0.15, 0.2) is 23.2 Å². The standard InChI is InChI=1S/C26H26F4N8O6/c27-15-4-12(3-14(5-15)26(28,29)30)6-31-23(42)13-7-33-38(8-13)25-35-21(34-16-1-2-43-10-16)18-22(36-25)37(11-32-18)24-20(41)19(40)17(9-39)44-24/h3-5,7-8,11,16-17,19-20,24,39-41H,1-2,6,9-10H2,(H,31,42)(H,34,35,36)/t16-,17-,19+,20+,24-/m1/s1. The van der Waals surface area contributed by atoms with Gasteiger partial charge in [0.1, 0.15) is 24.1 Å². The molecule has 44 heavy (non-hydrogen) atoms. The molecule has 5 N–H and O–H groups in total. The van der Waals surface area contributed by atoms with Crippen molar-refractivity contribution in [3.8, 4) is 5.95 Å². The van der Waals surface area contributed by atoms with Gasteiger partial charge in [0.2, 0.25) is 0 Å². The van der Waals surface area contributed by atoms with E-state index < -0.39 is 54.6 Å². The van der Waals surface area contributed by atoms with Gasteiger partial charge in [-0.05, 0) is 30.2 Å². The van der Waals surface area contributed by atoms with E-state index in [1.165, 1.54) is 28.0 Å². The number of hydrogen-bond acceptors (Lipinski definition) is 11. The van der Waals surface area contributed by atoms with Crippen LogP contribution in [0, 0.1) is 5.82 Å². The summed E-state index contributed by atoms with van der Waals surface area (Å²) < 4.78 is 66.5. The topological polar surface area (TPSA) is 182 Å². The summed E-state index contributed by atoms with van der Waals surface area (Å²) in [7, 11) is 0. The number of alkyl halides is 3. The lowest BCUT2D eigenvalue weighted by Gasteiger charge is -2.17. The lowest BCUT2D eigenvalue weighted by atomic mass is 10.1. The zero-order valence-electron chi connectivity index (χ0n) is 22.6. The monoisotopic (exact) mass is 622 g/mol. The highest BCUT2D eigenvalue weighted by Crippen LogP contribution is 2.33. The quantitative estimate of drug-likeness (QED) is 0.176. The molecule has 0 spiro atoms. The molecule has 2 aliphatic heterocycles. The molecule has 234 valence electrons. The van der Waals surface area contributed by atoms with Crippen LogP contribution in [0.4, 0.5) is 23.4 Å². The Kier molecular flexibility index (Phi) is 7.93. The predicted octanol–water partition coefficient (Wildman–Crippen LogP) is 0.912. The molecule has 0 radical (unpaired) electrons. The fourth-order valence-electron chi connectivity index (χ4n) is 5.00. The molecular weight excluding hydrogens is 596 g/mol. The second kappa shape index (κ2) is 11.7. The lowest BCUT2D eigenvalue weighted by molar-refractivity contribution is -0.137. The van der Waals surface area contributed by atoms with Crippen LogP contribution in [0.25, 0.3) is 17.1 Å². The first-order valence-electron chi connectivity index (χ1n) is 13.4. The van der Waals surface area contributed by atoms with E-state index in [2.05, 4.69) is 30.7 Å². The third-order valence-electron chi connectivity index (χ3n) is 7.26. The minimum absolute atomic E-state index is 0.0109. The molecule has 0 bridgehead atoms. The minimum atomic E-state index is -4.75. The van der Waals surface area contributed by atoms with Crippen molar-refractivity contribution in [3.05, 3.63) is 59.4 Å². The first-order valence-corrected chi connectivity index (χ1v) is 13.4. The Morgan fingerprint density at radius 2 is 1.98 bits per heavy atom. The van der Waals surface area contributed by atoms with Gasteiger partial charge in [-0.3, -0.25) is 9.36 Å². The third-order valence-corrected chi connectivity index (χ3v) is 7.26. The fraction of sp³-hybridized carbons (Fsp3) is 0.423. The largest absolute Gasteiger partial charge is 0.416 e. The summed E-state index contributed by atoms with van der Waals surface area (Å²) >= 11 is 0. The molecule has 14 nitrogen and oxygen atoms in total. The molecule has 2 saturated heterocycles. The number of carbonyl (C=O) groups excluding carboxylic acids is 1. The van der Waals surface area contributed by atoms with E-state index in [0.29, 0.717) is 37.0 Å². The van der Waals surface area contributed by atoms with Crippen molar-refractivity contribution in [2.24, 2.45) is 0 Å². The molecule has 5 atom stereocenters. The van der Waals surface area contributed by atoms with Crippen LogP contribution in [0.2, 0.25) is 0 Å². The highest BCUT2D eigenvalue weighted by Gasteiger charge is 2.44. The Morgan fingerprint density at radius 3 is 2.68 bits per heavy atom. The van der Waals surface area contributed by atoms with E-state index in [1.54, 1.807) is 0 Å². The highest BCUT2D eigenvalue weighted by molar-refractivity contribution is 5.93. The smallest absolute Gasteiger partial charge is 0.394 e. The van der Waals surface area contributed by atoms with E-state index in [9.17, 15) is 37.7 Å². The molecule has 1 aromatic carbocycles. The maximum Gasteiger partial charge on any atom is 0.416 e. The number of rotatable bonds is 8. The second-order valence-corrected chi connectivity index (χ2v) is 10.3. The number of aliphatic hydroxyl groups excluding tert-OH is 3. The van der Waals surface area contributed by atoms with Crippen molar-refractivity contribution < 1.29 is 47.1 Å².